The summed E-state index contributed by atoms with van der Waals surface area (Å²) in [4.78, 5) is 0. The number of para-hydroxylation sites is 1. The van der Waals surface area contributed by atoms with Crippen LogP contribution in [0.1, 0.15) is 49.1 Å². The number of allylic oxidation sites excluding steroid dienone is 1. The highest BCUT2D eigenvalue weighted by Crippen LogP contribution is 2.50. The zero-order valence-electron chi connectivity index (χ0n) is 17.1. The van der Waals surface area contributed by atoms with E-state index in [1.54, 1.807) is 13.0 Å². The van der Waals surface area contributed by atoms with Gasteiger partial charge in [0.1, 0.15) is 11.6 Å². The number of halogens is 1. The van der Waals surface area contributed by atoms with Crippen LogP contribution in [0.5, 0.6) is 5.75 Å². The molecule has 2 heterocycles. The molecular formula is C26H24FNO. The normalized spacial score (nSPS) is 18.5. The van der Waals surface area contributed by atoms with Crippen LogP contribution in [0, 0.1) is 12.7 Å². The summed E-state index contributed by atoms with van der Waals surface area (Å²) >= 11 is 0. The van der Waals surface area contributed by atoms with Gasteiger partial charge in [-0.15, -0.1) is 0 Å². The van der Waals surface area contributed by atoms with Gasteiger partial charge in [-0.05, 0) is 68.2 Å². The zero-order chi connectivity index (χ0) is 20.3. The lowest BCUT2D eigenvalue weighted by Gasteiger charge is -2.37. The lowest BCUT2D eigenvalue weighted by atomic mass is 9.80. The Hall–Kier alpha value is -3.07. The molecule has 0 radical (unpaired) electrons. The maximum atomic E-state index is 14.4. The highest BCUT2D eigenvalue weighted by atomic mass is 19.1. The number of benzene rings is 3. The van der Waals surface area contributed by atoms with Crippen molar-refractivity contribution in [3.63, 3.8) is 0 Å². The molecule has 0 aliphatic carbocycles. The van der Waals surface area contributed by atoms with Crippen molar-refractivity contribution in [3.05, 3.63) is 88.7 Å². The van der Waals surface area contributed by atoms with Gasteiger partial charge < -0.3 is 10.1 Å². The summed E-state index contributed by atoms with van der Waals surface area (Å²) in [6.45, 7) is 8.26. The van der Waals surface area contributed by atoms with Crippen LogP contribution in [-0.4, -0.2) is 5.54 Å². The fourth-order valence-corrected chi connectivity index (χ4v) is 4.64. The van der Waals surface area contributed by atoms with E-state index in [0.717, 1.165) is 39.3 Å². The van der Waals surface area contributed by atoms with Crippen molar-refractivity contribution in [2.45, 2.75) is 39.3 Å². The Morgan fingerprint density at radius 1 is 0.966 bits per heavy atom. The molecule has 29 heavy (non-hydrogen) atoms. The van der Waals surface area contributed by atoms with Gasteiger partial charge in [0, 0.05) is 22.4 Å². The first kappa shape index (κ1) is 18.0. The van der Waals surface area contributed by atoms with Gasteiger partial charge in [0.05, 0.1) is 5.54 Å². The Bertz CT molecular complexity index is 1180. The average Bonchev–Trinajstić information content (AvgIpc) is 2.68. The van der Waals surface area contributed by atoms with Gasteiger partial charge in [-0.3, -0.25) is 0 Å². The molecule has 0 spiro atoms. The van der Waals surface area contributed by atoms with Gasteiger partial charge in [0.15, 0.2) is 6.10 Å². The zero-order valence-corrected chi connectivity index (χ0v) is 17.1. The van der Waals surface area contributed by atoms with Crippen LogP contribution >= 0.6 is 0 Å². The lowest BCUT2D eigenvalue weighted by molar-refractivity contribution is 0.242. The van der Waals surface area contributed by atoms with E-state index >= 15 is 0 Å². The smallest absolute Gasteiger partial charge is 0.150 e. The van der Waals surface area contributed by atoms with Gasteiger partial charge in [-0.1, -0.05) is 42.5 Å². The van der Waals surface area contributed by atoms with Crippen LogP contribution in [-0.2, 0) is 0 Å². The number of fused-ring (bicyclic) bond motifs is 5. The highest BCUT2D eigenvalue weighted by Gasteiger charge is 2.34. The van der Waals surface area contributed by atoms with Crippen LogP contribution in [0.3, 0.4) is 0 Å². The minimum absolute atomic E-state index is 0.121. The van der Waals surface area contributed by atoms with Crippen LogP contribution in [0.4, 0.5) is 10.1 Å². The van der Waals surface area contributed by atoms with Gasteiger partial charge in [-0.25, -0.2) is 4.39 Å². The predicted molar refractivity (Wildman–Crippen MR) is 117 cm³/mol. The summed E-state index contributed by atoms with van der Waals surface area (Å²) < 4.78 is 20.9. The third-order valence-corrected chi connectivity index (χ3v) is 5.86. The molecule has 0 amide bonds. The second kappa shape index (κ2) is 6.21. The molecule has 0 aromatic heterocycles. The maximum absolute atomic E-state index is 14.4. The minimum atomic E-state index is -0.365. The van der Waals surface area contributed by atoms with Crippen molar-refractivity contribution in [1.82, 2.24) is 0 Å². The molecule has 2 aliphatic heterocycles. The first-order chi connectivity index (χ1) is 13.8. The molecule has 0 saturated carbocycles. The molecule has 1 atom stereocenters. The van der Waals surface area contributed by atoms with Crippen LogP contribution < -0.4 is 10.1 Å². The van der Waals surface area contributed by atoms with Gasteiger partial charge in [0.2, 0.25) is 0 Å². The standard InChI is InChI=1S/C26H24FNO/c1-15-9-10-17(13-20(15)27)25-24-19(18-7-5-6-8-22(18)29-25)11-12-21-23(24)16(2)14-26(3,4)28-21/h5-14,25,28H,1-4H3/t25-/m1/s1. The molecule has 5 rings (SSSR count). The van der Waals surface area contributed by atoms with Crippen LogP contribution in [0.2, 0.25) is 0 Å². The second-order valence-corrected chi connectivity index (χ2v) is 8.63. The lowest BCUT2D eigenvalue weighted by Crippen LogP contribution is -2.32. The van der Waals surface area contributed by atoms with Crippen molar-refractivity contribution in [1.29, 1.82) is 0 Å². The number of aryl methyl sites for hydroxylation is 1. The van der Waals surface area contributed by atoms with E-state index in [-0.39, 0.29) is 17.5 Å². The summed E-state index contributed by atoms with van der Waals surface area (Å²) in [5.41, 5.74) is 8.12. The van der Waals surface area contributed by atoms with Gasteiger partial charge in [0.25, 0.3) is 0 Å². The van der Waals surface area contributed by atoms with E-state index in [9.17, 15) is 4.39 Å². The first-order valence-corrected chi connectivity index (χ1v) is 10.0. The monoisotopic (exact) mass is 385 g/mol. The molecule has 0 fully saturated rings. The topological polar surface area (TPSA) is 21.3 Å². The number of hydrogen-bond acceptors (Lipinski definition) is 2. The Morgan fingerprint density at radius 2 is 1.76 bits per heavy atom. The van der Waals surface area contributed by atoms with E-state index in [4.69, 9.17) is 4.74 Å². The van der Waals surface area contributed by atoms with E-state index < -0.39 is 0 Å². The number of hydrogen-bond donors (Lipinski definition) is 1. The molecule has 3 heteroatoms. The summed E-state index contributed by atoms with van der Waals surface area (Å²) in [6.07, 6.45) is 1.89. The highest BCUT2D eigenvalue weighted by molar-refractivity contribution is 5.90. The average molecular weight is 385 g/mol. The van der Waals surface area contributed by atoms with E-state index in [1.807, 2.05) is 30.3 Å². The molecule has 0 bridgehead atoms. The predicted octanol–water partition coefficient (Wildman–Crippen LogP) is 6.89. The van der Waals surface area contributed by atoms with Crippen molar-refractivity contribution in [2.75, 3.05) is 5.32 Å². The number of anilines is 1. The number of nitrogens with one attached hydrogen (secondary N) is 1. The third-order valence-electron chi connectivity index (χ3n) is 5.86. The molecule has 0 saturated heterocycles. The van der Waals surface area contributed by atoms with Gasteiger partial charge in [-0.2, -0.15) is 0 Å². The fraction of sp³-hybridized carbons (Fsp3) is 0.231. The summed E-state index contributed by atoms with van der Waals surface area (Å²) in [5, 5.41) is 3.63. The Kier molecular flexibility index (Phi) is 3.86. The largest absolute Gasteiger partial charge is 0.480 e. The summed E-state index contributed by atoms with van der Waals surface area (Å²) in [5.74, 6) is 0.625. The quantitative estimate of drug-likeness (QED) is 0.492. The van der Waals surface area contributed by atoms with Crippen LogP contribution in [0.15, 0.2) is 60.7 Å². The van der Waals surface area contributed by atoms with Crippen molar-refractivity contribution < 1.29 is 9.13 Å². The Morgan fingerprint density at radius 3 is 2.55 bits per heavy atom. The minimum Gasteiger partial charge on any atom is -0.480 e. The molecule has 2 nitrogen and oxygen atoms in total. The fourth-order valence-electron chi connectivity index (χ4n) is 4.64. The van der Waals surface area contributed by atoms with Crippen molar-refractivity contribution in [2.24, 2.45) is 0 Å². The number of ether oxygens (including phenoxy) is 1. The van der Waals surface area contributed by atoms with Crippen LogP contribution in [0.25, 0.3) is 16.7 Å². The third kappa shape index (κ3) is 2.84. The molecular weight excluding hydrogens is 361 g/mol. The van der Waals surface area contributed by atoms with E-state index in [2.05, 4.69) is 50.4 Å². The summed E-state index contributed by atoms with van der Waals surface area (Å²) in [7, 11) is 0. The van der Waals surface area contributed by atoms with Gasteiger partial charge >= 0.3 is 0 Å². The molecule has 146 valence electrons. The van der Waals surface area contributed by atoms with E-state index in [0.29, 0.717) is 5.56 Å². The molecule has 0 unspecified atom stereocenters. The first-order valence-electron chi connectivity index (χ1n) is 10.0. The number of rotatable bonds is 1. The second-order valence-electron chi connectivity index (χ2n) is 8.63. The van der Waals surface area contributed by atoms with Crippen molar-refractivity contribution >= 4 is 11.3 Å². The van der Waals surface area contributed by atoms with Crippen molar-refractivity contribution in [3.8, 4) is 16.9 Å². The molecule has 2 aliphatic rings. The SMILES string of the molecule is CC1=CC(C)(C)Nc2ccc3c(c21)[C@@H](c1ccc(C)c(F)c1)Oc1ccccc1-3. The molecule has 3 aromatic carbocycles. The molecule has 1 N–H and O–H groups in total. The van der Waals surface area contributed by atoms with E-state index in [1.165, 1.54) is 5.57 Å². The molecule has 3 aromatic rings. The maximum Gasteiger partial charge on any atom is 0.150 e. The Labute approximate surface area is 171 Å². The summed E-state index contributed by atoms with van der Waals surface area (Å²) in [6, 6.07) is 17.8. The Balaban J connectivity index is 1.80.